The van der Waals surface area contributed by atoms with Crippen molar-refractivity contribution in [2.24, 2.45) is 0 Å². The fourth-order valence-corrected chi connectivity index (χ4v) is 11.4. The van der Waals surface area contributed by atoms with Crippen LogP contribution in [0.3, 0.4) is 0 Å². The second-order valence-corrected chi connectivity index (χ2v) is 27.3. The van der Waals surface area contributed by atoms with E-state index >= 15 is 0 Å². The summed E-state index contributed by atoms with van der Waals surface area (Å²) in [6.07, 6.45) is 90.2. The van der Waals surface area contributed by atoms with E-state index in [1.807, 2.05) is 21.1 Å². The number of carbonyl (C=O) groups excluding carboxylic acids is 2. The van der Waals surface area contributed by atoms with E-state index in [9.17, 15) is 19.0 Å². The number of hydrogen-bond donors (Lipinski definition) is 0. The number of likely N-dealkylation sites (N-methyl/N-ethyl adjacent to an activating group) is 1. The molecule has 502 valence electrons. The molecule has 0 saturated carbocycles. The summed E-state index contributed by atoms with van der Waals surface area (Å²) in [7, 11) is 1.15. The lowest BCUT2D eigenvalue weighted by atomic mass is 10.0. The van der Waals surface area contributed by atoms with Crippen LogP contribution in [0.4, 0.5) is 0 Å². The first-order valence-corrected chi connectivity index (χ1v) is 38.1. The third kappa shape index (κ3) is 70.5. The molecule has 0 aromatic rings. The summed E-state index contributed by atoms with van der Waals surface area (Å²) in [5.41, 5.74) is 0. The molecule has 0 N–H and O–H groups in total. The lowest BCUT2D eigenvalue weighted by Gasteiger charge is -2.28. The van der Waals surface area contributed by atoms with Gasteiger partial charge >= 0.3 is 11.9 Å². The number of unbranched alkanes of at least 4 members (excludes halogenated alkanes) is 42. The molecule has 0 saturated heterocycles. The summed E-state index contributed by atoms with van der Waals surface area (Å²) < 4.78 is 34.3. The van der Waals surface area contributed by atoms with Crippen LogP contribution in [0.1, 0.15) is 348 Å². The Kier molecular flexibility index (Phi) is 64.9. The molecule has 0 aromatic heterocycles. The Bertz CT molecular complexity index is 1680. The van der Waals surface area contributed by atoms with Crippen molar-refractivity contribution in [3.63, 3.8) is 0 Å². The SMILES string of the molecule is CC/C=C\C/C=C\C/C=C\C/C=C\C/C=C\C/C=C\CCCCCCC(=O)OC(COC(=O)CCCCCCCCCCCCCCCCCCCCCCCCCCCCCCCCCCCCCCCCC)COP(=O)([O-])OCC[N+](C)(C)C. The maximum Gasteiger partial charge on any atom is 0.306 e. The number of carbonyl (C=O) groups is 2. The number of phosphoric ester groups is 1. The van der Waals surface area contributed by atoms with Crippen LogP contribution < -0.4 is 4.89 Å². The lowest BCUT2D eigenvalue weighted by Crippen LogP contribution is -2.37. The van der Waals surface area contributed by atoms with Gasteiger partial charge in [-0.1, -0.05) is 344 Å². The molecule has 2 unspecified atom stereocenters. The third-order valence-electron chi connectivity index (χ3n) is 16.2. The monoisotopic (exact) mass is 1230 g/mol. The van der Waals surface area contributed by atoms with Crippen molar-refractivity contribution in [3.05, 3.63) is 72.9 Å². The van der Waals surface area contributed by atoms with Crippen molar-refractivity contribution in [3.8, 4) is 0 Å². The van der Waals surface area contributed by atoms with E-state index in [2.05, 4.69) is 86.8 Å². The first kappa shape index (κ1) is 83.5. The van der Waals surface area contributed by atoms with Crippen molar-refractivity contribution < 1.29 is 42.1 Å². The summed E-state index contributed by atoms with van der Waals surface area (Å²) in [4.78, 5) is 38.0. The van der Waals surface area contributed by atoms with Gasteiger partial charge in [-0.3, -0.25) is 14.2 Å². The first-order chi connectivity index (χ1) is 42.0. The molecule has 0 aliphatic rings. The van der Waals surface area contributed by atoms with E-state index in [1.165, 1.54) is 231 Å². The fraction of sp³-hybridized carbons (Fsp3) is 0.816. The molecular formula is C76H140NO8P. The van der Waals surface area contributed by atoms with Crippen molar-refractivity contribution in [2.45, 2.75) is 354 Å². The first-order valence-electron chi connectivity index (χ1n) is 36.6. The van der Waals surface area contributed by atoms with Gasteiger partial charge in [0.1, 0.15) is 19.8 Å². The highest BCUT2D eigenvalue weighted by Crippen LogP contribution is 2.38. The predicted octanol–water partition coefficient (Wildman–Crippen LogP) is 23.3. The van der Waals surface area contributed by atoms with Gasteiger partial charge in [-0.25, -0.2) is 0 Å². The summed E-state index contributed by atoms with van der Waals surface area (Å²) in [5.74, 6) is -0.852. The standard InChI is InChI=1S/C76H140NO8P/c1-6-8-10-12-14-16-18-20-22-24-26-28-30-31-32-33-34-35-36-37-38-39-40-41-42-43-44-45-47-48-50-52-54-56-58-60-62-64-66-68-75(78)82-72-74(73-84-86(80,81)83-71-70-77(3,4)5)85-76(79)69-67-65-63-61-59-57-55-53-51-49-46-29-27-25-23-21-19-17-15-13-11-9-7-2/h9,11,15,17,21,23,27,29,49,51,55,57,74H,6-8,10,12-14,16,18-20,22,24-26,28,30-48,50,52-54,56,58-73H2,1-5H3/b11-9-,17-15-,23-21-,29-27-,51-49-,57-55-. The molecule has 0 aliphatic carbocycles. The largest absolute Gasteiger partial charge is 0.756 e. The molecule has 10 heteroatoms. The summed E-state index contributed by atoms with van der Waals surface area (Å²) in [6, 6.07) is 0. The van der Waals surface area contributed by atoms with Gasteiger partial charge in [0.2, 0.25) is 0 Å². The molecule has 0 aliphatic heterocycles. The average Bonchev–Trinajstić information content (AvgIpc) is 3.56. The van der Waals surface area contributed by atoms with Crippen LogP contribution in [0.2, 0.25) is 0 Å². The second kappa shape index (κ2) is 66.9. The Morgan fingerprint density at radius 3 is 0.988 bits per heavy atom. The van der Waals surface area contributed by atoms with E-state index in [4.69, 9.17) is 18.5 Å². The van der Waals surface area contributed by atoms with Crippen LogP contribution >= 0.6 is 7.82 Å². The van der Waals surface area contributed by atoms with Crippen LogP contribution in [0.15, 0.2) is 72.9 Å². The minimum atomic E-state index is -4.65. The Hall–Kier alpha value is -2.55. The number of rotatable bonds is 68. The van der Waals surface area contributed by atoms with Gasteiger partial charge < -0.3 is 27.9 Å². The zero-order chi connectivity index (χ0) is 62.6. The topological polar surface area (TPSA) is 111 Å². The molecule has 86 heavy (non-hydrogen) atoms. The highest BCUT2D eigenvalue weighted by molar-refractivity contribution is 7.45. The fourth-order valence-electron chi connectivity index (χ4n) is 10.7. The van der Waals surface area contributed by atoms with Crippen LogP contribution in [0, 0.1) is 0 Å². The Labute approximate surface area is 533 Å². The molecule has 0 fully saturated rings. The maximum absolute atomic E-state index is 12.8. The quantitative estimate of drug-likeness (QED) is 0.0195. The van der Waals surface area contributed by atoms with Crippen LogP contribution in [0.25, 0.3) is 0 Å². The maximum atomic E-state index is 12.8. The third-order valence-corrected chi connectivity index (χ3v) is 17.2. The number of allylic oxidation sites excluding steroid dienone is 12. The van der Waals surface area contributed by atoms with E-state index in [0.29, 0.717) is 17.4 Å². The number of hydrogen-bond acceptors (Lipinski definition) is 8. The van der Waals surface area contributed by atoms with Crippen molar-refractivity contribution in [1.29, 1.82) is 0 Å². The van der Waals surface area contributed by atoms with E-state index in [1.54, 1.807) is 0 Å². The number of phosphoric acid groups is 1. The van der Waals surface area contributed by atoms with Crippen LogP contribution in [-0.4, -0.2) is 70.0 Å². The summed E-state index contributed by atoms with van der Waals surface area (Å²) in [6.45, 7) is 4.14. The molecule has 0 radical (unpaired) electrons. The Balaban J connectivity index is 3.94. The molecule has 9 nitrogen and oxygen atoms in total. The molecule has 0 heterocycles. The van der Waals surface area contributed by atoms with Crippen molar-refractivity contribution >= 4 is 19.8 Å². The molecular weight excluding hydrogens is 1090 g/mol. The van der Waals surface area contributed by atoms with E-state index < -0.39 is 26.5 Å². The Morgan fingerprint density at radius 2 is 0.663 bits per heavy atom. The number of quaternary nitrogens is 1. The molecule has 0 bridgehead atoms. The zero-order valence-electron chi connectivity index (χ0n) is 57.3. The van der Waals surface area contributed by atoms with Crippen molar-refractivity contribution in [1.82, 2.24) is 0 Å². The van der Waals surface area contributed by atoms with E-state index in [-0.39, 0.29) is 32.0 Å². The summed E-state index contributed by atoms with van der Waals surface area (Å²) in [5, 5.41) is 0. The van der Waals surface area contributed by atoms with Gasteiger partial charge in [0.25, 0.3) is 7.82 Å². The van der Waals surface area contributed by atoms with Gasteiger partial charge in [-0.2, -0.15) is 0 Å². The van der Waals surface area contributed by atoms with Crippen LogP contribution in [-0.2, 0) is 32.7 Å². The zero-order valence-corrected chi connectivity index (χ0v) is 58.2. The van der Waals surface area contributed by atoms with Gasteiger partial charge in [-0.05, 0) is 64.2 Å². The highest BCUT2D eigenvalue weighted by Gasteiger charge is 2.22. The molecule has 0 rings (SSSR count). The smallest absolute Gasteiger partial charge is 0.306 e. The van der Waals surface area contributed by atoms with Gasteiger partial charge in [0, 0.05) is 12.8 Å². The van der Waals surface area contributed by atoms with Gasteiger partial charge in [-0.15, -0.1) is 0 Å². The van der Waals surface area contributed by atoms with E-state index in [0.717, 1.165) is 83.5 Å². The molecule has 0 spiro atoms. The molecule has 2 atom stereocenters. The number of esters is 2. The van der Waals surface area contributed by atoms with Gasteiger partial charge in [0.05, 0.1) is 27.7 Å². The van der Waals surface area contributed by atoms with Crippen molar-refractivity contribution in [2.75, 3.05) is 47.5 Å². The summed E-state index contributed by atoms with van der Waals surface area (Å²) >= 11 is 0. The van der Waals surface area contributed by atoms with Gasteiger partial charge in [0.15, 0.2) is 6.10 Å². The molecule has 0 aromatic carbocycles. The average molecular weight is 1230 g/mol. The minimum absolute atomic E-state index is 0.0381. The number of ether oxygens (including phenoxy) is 2. The highest BCUT2D eigenvalue weighted by atomic mass is 31.2. The Morgan fingerprint density at radius 1 is 0.372 bits per heavy atom. The van der Waals surface area contributed by atoms with Crippen LogP contribution in [0.5, 0.6) is 0 Å². The normalized spacial score (nSPS) is 13.5. The number of nitrogens with zero attached hydrogens (tertiary/aromatic N) is 1. The predicted molar refractivity (Wildman–Crippen MR) is 370 cm³/mol. The minimum Gasteiger partial charge on any atom is -0.756 e. The second-order valence-electron chi connectivity index (χ2n) is 25.9. The lowest BCUT2D eigenvalue weighted by molar-refractivity contribution is -0.870. The molecule has 0 amide bonds.